The molecule has 0 bridgehead atoms. The minimum Gasteiger partial charge on any atom is -0.444 e. The van der Waals surface area contributed by atoms with E-state index < -0.39 is 29.5 Å². The number of piperidine rings is 1. The van der Waals surface area contributed by atoms with E-state index >= 15 is 0 Å². The maximum Gasteiger partial charge on any atom is 0.410 e. The molecule has 0 N–H and O–H groups in total. The van der Waals surface area contributed by atoms with Crippen molar-refractivity contribution in [3.05, 3.63) is 68.6 Å². The molecule has 0 aliphatic carbocycles. The summed E-state index contributed by atoms with van der Waals surface area (Å²) in [4.78, 5) is 34.4. The number of fused-ring (bicyclic) bond motifs is 1. The molecule has 4 rings (SSSR count). The Morgan fingerprint density at radius 2 is 1.97 bits per heavy atom. The van der Waals surface area contributed by atoms with Gasteiger partial charge in [-0.2, -0.15) is 0 Å². The minimum atomic E-state index is -0.639. The molecule has 0 spiro atoms. The number of anilines is 1. The molecule has 1 aliphatic rings. The predicted molar refractivity (Wildman–Crippen MR) is 144 cm³/mol. The number of rotatable bonds is 3. The van der Waals surface area contributed by atoms with Crippen molar-refractivity contribution in [2.75, 3.05) is 18.0 Å². The van der Waals surface area contributed by atoms with Gasteiger partial charge in [-0.05, 0) is 104 Å². The summed E-state index contributed by atoms with van der Waals surface area (Å²) in [6.07, 6.45) is 2.46. The van der Waals surface area contributed by atoms with Crippen LogP contribution in [-0.4, -0.2) is 46.6 Å². The first-order valence-corrected chi connectivity index (χ1v) is 12.8. The van der Waals surface area contributed by atoms with Gasteiger partial charge in [-0.1, -0.05) is 11.6 Å². The van der Waals surface area contributed by atoms with Crippen molar-refractivity contribution in [3.63, 3.8) is 0 Å². The van der Waals surface area contributed by atoms with E-state index in [-0.39, 0.29) is 12.1 Å². The summed E-state index contributed by atoms with van der Waals surface area (Å²) in [6, 6.07) is 11.2. The lowest BCUT2D eigenvalue weighted by atomic mass is 10.0. The SMILES string of the molecule is CC(C)(C)OC(=O)N1CCC[C@@H](N(C(=O)c2ccc(I)cc2F)c2nccc3cc(Cl)ccc23)C1. The number of hydrogen-bond donors (Lipinski definition) is 0. The summed E-state index contributed by atoms with van der Waals surface area (Å²) in [5.74, 6) is -0.710. The van der Waals surface area contributed by atoms with E-state index in [0.717, 1.165) is 5.39 Å². The fraction of sp³-hybridized carbons (Fsp3) is 0.346. The topological polar surface area (TPSA) is 62.7 Å². The maximum atomic E-state index is 14.9. The molecule has 1 atom stereocenters. The fourth-order valence-corrected chi connectivity index (χ4v) is 4.84. The van der Waals surface area contributed by atoms with E-state index in [0.29, 0.717) is 39.2 Å². The fourth-order valence-electron chi connectivity index (χ4n) is 4.21. The first-order valence-electron chi connectivity index (χ1n) is 11.3. The smallest absolute Gasteiger partial charge is 0.410 e. The number of carbonyl (C=O) groups is 2. The van der Waals surface area contributed by atoms with Crippen LogP contribution in [0.2, 0.25) is 5.02 Å². The van der Waals surface area contributed by atoms with Crippen molar-refractivity contribution in [1.29, 1.82) is 0 Å². The van der Waals surface area contributed by atoms with Gasteiger partial charge in [0, 0.05) is 33.3 Å². The lowest BCUT2D eigenvalue weighted by molar-refractivity contribution is 0.0196. The van der Waals surface area contributed by atoms with Crippen molar-refractivity contribution in [3.8, 4) is 0 Å². The lowest BCUT2D eigenvalue weighted by Crippen LogP contribution is -2.53. The Hall–Kier alpha value is -2.46. The van der Waals surface area contributed by atoms with Crippen LogP contribution in [0.5, 0.6) is 0 Å². The van der Waals surface area contributed by atoms with E-state index in [1.54, 1.807) is 35.4 Å². The standard InChI is InChI=1S/C26H26ClFIN3O3/c1-26(2,3)35-25(34)31-12-4-5-19(15-31)32(24(33)21-9-7-18(29)14-22(21)28)23-20-8-6-17(27)13-16(20)10-11-30-23/h6-11,13-14,19H,4-5,12,15H2,1-3H3/t19-/m1/s1. The average Bonchev–Trinajstić information content (AvgIpc) is 2.78. The molecule has 9 heteroatoms. The zero-order chi connectivity index (χ0) is 25.3. The summed E-state index contributed by atoms with van der Waals surface area (Å²) in [5, 5.41) is 2.08. The van der Waals surface area contributed by atoms with Crippen LogP contribution in [0.4, 0.5) is 15.0 Å². The van der Waals surface area contributed by atoms with Gasteiger partial charge in [-0.3, -0.25) is 9.69 Å². The number of likely N-dealkylation sites (tertiary alicyclic amines) is 1. The highest BCUT2D eigenvalue weighted by atomic mass is 127. The third-order valence-electron chi connectivity index (χ3n) is 5.73. The number of aromatic nitrogens is 1. The van der Waals surface area contributed by atoms with Gasteiger partial charge in [0.1, 0.15) is 17.2 Å². The summed E-state index contributed by atoms with van der Waals surface area (Å²) in [6.45, 7) is 6.20. The molecule has 2 aromatic carbocycles. The van der Waals surface area contributed by atoms with E-state index in [2.05, 4.69) is 4.98 Å². The van der Waals surface area contributed by atoms with Gasteiger partial charge in [0.15, 0.2) is 0 Å². The first kappa shape index (κ1) is 25.6. The van der Waals surface area contributed by atoms with Crippen molar-refractivity contribution >= 4 is 62.8 Å². The average molecular weight is 610 g/mol. The maximum absolute atomic E-state index is 14.9. The van der Waals surface area contributed by atoms with Crippen LogP contribution in [0.1, 0.15) is 44.0 Å². The molecule has 0 saturated carbocycles. The molecule has 1 saturated heterocycles. The van der Waals surface area contributed by atoms with Crippen molar-refractivity contribution in [2.45, 2.75) is 45.3 Å². The number of ether oxygens (including phenoxy) is 1. The van der Waals surface area contributed by atoms with Crippen molar-refractivity contribution in [1.82, 2.24) is 9.88 Å². The quantitative estimate of drug-likeness (QED) is 0.311. The van der Waals surface area contributed by atoms with Crippen LogP contribution >= 0.6 is 34.2 Å². The molecule has 2 heterocycles. The molecule has 0 unspecified atom stereocenters. The van der Waals surface area contributed by atoms with Crippen molar-refractivity contribution < 1.29 is 18.7 Å². The van der Waals surface area contributed by atoms with Gasteiger partial charge >= 0.3 is 6.09 Å². The van der Waals surface area contributed by atoms with Crippen molar-refractivity contribution in [2.24, 2.45) is 0 Å². The molecule has 0 radical (unpaired) electrons. The lowest BCUT2D eigenvalue weighted by Gasteiger charge is -2.39. The number of nitrogens with zero attached hydrogens (tertiary/aromatic N) is 3. The number of halogens is 3. The van der Waals surface area contributed by atoms with Crippen LogP contribution in [0, 0.1) is 9.39 Å². The van der Waals surface area contributed by atoms with Gasteiger partial charge < -0.3 is 9.64 Å². The van der Waals surface area contributed by atoms with Gasteiger partial charge in [0.25, 0.3) is 5.91 Å². The highest BCUT2D eigenvalue weighted by molar-refractivity contribution is 14.1. The zero-order valence-corrected chi connectivity index (χ0v) is 22.6. The van der Waals surface area contributed by atoms with Gasteiger partial charge in [0.05, 0.1) is 11.6 Å². The Bertz CT molecular complexity index is 1280. The number of benzene rings is 2. The summed E-state index contributed by atoms with van der Waals surface area (Å²) in [7, 11) is 0. The molecule has 1 fully saturated rings. The van der Waals surface area contributed by atoms with E-state index in [1.165, 1.54) is 17.0 Å². The Morgan fingerprint density at radius 1 is 1.20 bits per heavy atom. The monoisotopic (exact) mass is 609 g/mol. The minimum absolute atomic E-state index is 0.0485. The highest BCUT2D eigenvalue weighted by Gasteiger charge is 2.36. The van der Waals surface area contributed by atoms with E-state index in [1.807, 2.05) is 49.4 Å². The van der Waals surface area contributed by atoms with Crippen LogP contribution in [0.15, 0.2) is 48.7 Å². The summed E-state index contributed by atoms with van der Waals surface area (Å²) < 4.78 is 21.2. The summed E-state index contributed by atoms with van der Waals surface area (Å²) in [5.41, 5.74) is -0.687. The second kappa shape index (κ2) is 10.3. The van der Waals surface area contributed by atoms with Gasteiger partial charge in [-0.15, -0.1) is 0 Å². The molecule has 6 nitrogen and oxygen atoms in total. The molecular weight excluding hydrogens is 584 g/mol. The van der Waals surface area contributed by atoms with Crippen LogP contribution in [0.3, 0.4) is 0 Å². The molecule has 35 heavy (non-hydrogen) atoms. The molecular formula is C26H26ClFIN3O3. The predicted octanol–water partition coefficient (Wildman–Crippen LogP) is 6.68. The Balaban J connectivity index is 1.78. The third kappa shape index (κ3) is 5.86. The van der Waals surface area contributed by atoms with Crippen LogP contribution in [-0.2, 0) is 4.74 Å². The normalized spacial score (nSPS) is 16.3. The largest absolute Gasteiger partial charge is 0.444 e. The van der Waals surface area contributed by atoms with E-state index in [4.69, 9.17) is 16.3 Å². The van der Waals surface area contributed by atoms with Crippen LogP contribution < -0.4 is 4.90 Å². The molecule has 3 aromatic rings. The van der Waals surface area contributed by atoms with Gasteiger partial charge in [-0.25, -0.2) is 14.2 Å². The van der Waals surface area contributed by atoms with Crippen LogP contribution in [0.25, 0.3) is 10.8 Å². The molecule has 1 aliphatic heterocycles. The second-order valence-corrected chi connectivity index (χ2v) is 11.2. The number of pyridine rings is 1. The summed E-state index contributed by atoms with van der Waals surface area (Å²) >= 11 is 8.20. The van der Waals surface area contributed by atoms with Gasteiger partial charge in [0.2, 0.25) is 0 Å². The first-order chi connectivity index (χ1) is 16.5. The Kier molecular flexibility index (Phi) is 7.51. The zero-order valence-electron chi connectivity index (χ0n) is 19.7. The Morgan fingerprint density at radius 3 is 2.69 bits per heavy atom. The number of carbonyl (C=O) groups excluding carboxylic acids is 2. The molecule has 1 aromatic heterocycles. The third-order valence-corrected chi connectivity index (χ3v) is 6.63. The van der Waals surface area contributed by atoms with E-state index in [9.17, 15) is 14.0 Å². The number of hydrogen-bond acceptors (Lipinski definition) is 4. The Labute approximate surface area is 222 Å². The second-order valence-electron chi connectivity index (χ2n) is 9.52. The molecule has 184 valence electrons. The molecule has 2 amide bonds. The number of amides is 2. The highest BCUT2D eigenvalue weighted by Crippen LogP contribution is 2.32.